The number of para-hydroxylation sites is 2. The van der Waals surface area contributed by atoms with Crippen LogP contribution in [0.15, 0.2) is 200 Å². The van der Waals surface area contributed by atoms with E-state index in [1.54, 1.807) is 0 Å². The van der Waals surface area contributed by atoms with Crippen molar-refractivity contribution >= 4 is 34.1 Å². The van der Waals surface area contributed by atoms with Gasteiger partial charge in [-0.15, -0.1) is 0 Å². The summed E-state index contributed by atoms with van der Waals surface area (Å²) in [5, 5.41) is 0. The van der Waals surface area contributed by atoms with Gasteiger partial charge in [0.25, 0.3) is 0 Å². The SMILES string of the molecule is CC(C)C1CCCC(c2ccc(N(c3ccccc3)c3ccc(C4CC5CCC4C5)cc3)cc2)(c2ccc(N(c3ccccc3)c3ccc4c(c3)C(C)(C)c3cccc(-c5ccccc5)c3-4)cc2)C1. The Bertz CT molecular complexity index is 3060. The van der Waals surface area contributed by atoms with Crippen LogP contribution in [-0.2, 0) is 10.8 Å². The van der Waals surface area contributed by atoms with Crippen molar-refractivity contribution < 1.29 is 0 Å². The van der Waals surface area contributed by atoms with Gasteiger partial charge in [-0.25, -0.2) is 0 Å². The number of rotatable bonds is 11. The summed E-state index contributed by atoms with van der Waals surface area (Å²) in [6.07, 6.45) is 10.5. The van der Waals surface area contributed by atoms with Gasteiger partial charge in [-0.3, -0.25) is 0 Å². The molecule has 0 spiro atoms. The van der Waals surface area contributed by atoms with E-state index in [4.69, 9.17) is 0 Å². The lowest BCUT2D eigenvalue weighted by Gasteiger charge is -2.44. The lowest BCUT2D eigenvalue weighted by Crippen LogP contribution is -2.36. The first kappa shape index (κ1) is 43.6. The largest absolute Gasteiger partial charge is 0.311 e. The standard InChI is InChI=1S/C67H66N2/c1-46(2)51-18-15-41-67(45-51,52-29-35-57(36-30-52)68(54-19-10-6-11-20-54)56-33-27-49(28-34-56)62-43-47-25-26-50(62)42-47)53-31-37-58(38-32-53)69(55-21-12-7-13-22-55)59-39-40-61-64(44-59)66(3,4)63-24-14-23-60(65(61)63)48-16-8-5-9-17-48/h5-14,16-17,19-24,27-40,44,46-47,50-51,62H,15,18,25-26,41-43,45H2,1-4H3. The van der Waals surface area contributed by atoms with Crippen molar-refractivity contribution in [2.45, 2.75) is 95.8 Å². The number of benzene rings is 8. The van der Waals surface area contributed by atoms with Gasteiger partial charge >= 0.3 is 0 Å². The smallest absolute Gasteiger partial charge is 0.0465 e. The van der Waals surface area contributed by atoms with E-state index in [9.17, 15) is 0 Å². The van der Waals surface area contributed by atoms with Crippen LogP contribution >= 0.6 is 0 Å². The molecule has 8 aromatic carbocycles. The minimum atomic E-state index is -0.148. The Hall–Kier alpha value is -6.64. The molecule has 344 valence electrons. The van der Waals surface area contributed by atoms with Gasteiger partial charge in [0.05, 0.1) is 0 Å². The maximum absolute atomic E-state index is 2.47. The summed E-state index contributed by atoms with van der Waals surface area (Å²) in [4.78, 5) is 4.91. The van der Waals surface area contributed by atoms with E-state index >= 15 is 0 Å². The van der Waals surface area contributed by atoms with Crippen LogP contribution in [0.5, 0.6) is 0 Å². The predicted molar refractivity (Wildman–Crippen MR) is 291 cm³/mol. The monoisotopic (exact) mass is 899 g/mol. The minimum absolute atomic E-state index is 0.0818. The van der Waals surface area contributed by atoms with E-state index in [1.165, 1.54) is 117 Å². The van der Waals surface area contributed by atoms with Gasteiger partial charge in [-0.05, 0) is 185 Å². The summed E-state index contributed by atoms with van der Waals surface area (Å²) < 4.78 is 0. The molecule has 0 saturated heterocycles. The second kappa shape index (κ2) is 17.7. The summed E-state index contributed by atoms with van der Waals surface area (Å²) >= 11 is 0. The first-order valence-electron chi connectivity index (χ1n) is 26.1. The molecule has 0 aliphatic heterocycles. The van der Waals surface area contributed by atoms with Crippen molar-refractivity contribution in [1.82, 2.24) is 0 Å². The molecule has 4 aliphatic rings. The molecule has 2 nitrogen and oxygen atoms in total. The van der Waals surface area contributed by atoms with Crippen LogP contribution in [0.2, 0.25) is 0 Å². The van der Waals surface area contributed by atoms with Crippen molar-refractivity contribution in [3.05, 3.63) is 228 Å². The van der Waals surface area contributed by atoms with E-state index in [0.717, 1.165) is 36.3 Å². The van der Waals surface area contributed by atoms with E-state index < -0.39 is 0 Å². The maximum Gasteiger partial charge on any atom is 0.0465 e. The fraction of sp³-hybridized carbons (Fsp3) is 0.284. The Balaban J connectivity index is 0.900. The molecule has 0 heterocycles. The van der Waals surface area contributed by atoms with Crippen LogP contribution in [-0.4, -0.2) is 0 Å². The normalized spacial score (nSPS) is 22.0. The van der Waals surface area contributed by atoms with E-state index in [0.29, 0.717) is 11.8 Å². The van der Waals surface area contributed by atoms with Gasteiger partial charge in [0, 0.05) is 45.0 Å². The van der Waals surface area contributed by atoms with Gasteiger partial charge in [-0.1, -0.05) is 174 Å². The van der Waals surface area contributed by atoms with Crippen LogP contribution in [0.1, 0.15) is 113 Å². The minimum Gasteiger partial charge on any atom is -0.311 e. The molecule has 4 aliphatic carbocycles. The van der Waals surface area contributed by atoms with Crippen molar-refractivity contribution in [2.75, 3.05) is 9.80 Å². The number of nitrogens with zero attached hydrogens (tertiary/aromatic N) is 2. The summed E-state index contributed by atoms with van der Waals surface area (Å²) in [7, 11) is 0. The Labute approximate surface area is 411 Å². The van der Waals surface area contributed by atoms with Gasteiger partial charge in [0.15, 0.2) is 0 Å². The number of anilines is 6. The molecule has 69 heavy (non-hydrogen) atoms. The maximum atomic E-state index is 2.47. The van der Waals surface area contributed by atoms with Crippen molar-refractivity contribution in [3.63, 3.8) is 0 Å². The van der Waals surface area contributed by atoms with Crippen LogP contribution in [0.3, 0.4) is 0 Å². The Kier molecular flexibility index (Phi) is 11.2. The molecule has 2 bridgehead atoms. The summed E-state index contributed by atoms with van der Waals surface area (Å²) in [6.45, 7) is 9.66. The van der Waals surface area contributed by atoms with Crippen molar-refractivity contribution in [2.24, 2.45) is 23.7 Å². The highest BCUT2D eigenvalue weighted by Crippen LogP contribution is 2.56. The topological polar surface area (TPSA) is 6.48 Å². The Morgan fingerprint density at radius 1 is 0.478 bits per heavy atom. The van der Waals surface area contributed by atoms with Gasteiger partial charge in [-0.2, -0.15) is 0 Å². The average Bonchev–Trinajstić information content (AvgIpc) is 4.11. The molecule has 0 amide bonds. The molecule has 12 rings (SSSR count). The molecule has 0 radical (unpaired) electrons. The molecular formula is C67H66N2. The molecule has 0 aromatic heterocycles. The van der Waals surface area contributed by atoms with Gasteiger partial charge in [0.1, 0.15) is 0 Å². The quantitative estimate of drug-likeness (QED) is 0.128. The third-order valence-electron chi connectivity index (χ3n) is 17.5. The zero-order chi connectivity index (χ0) is 46.7. The van der Waals surface area contributed by atoms with Crippen molar-refractivity contribution in [1.29, 1.82) is 0 Å². The lowest BCUT2D eigenvalue weighted by molar-refractivity contribution is 0.207. The molecule has 3 saturated carbocycles. The van der Waals surface area contributed by atoms with Crippen molar-refractivity contribution in [3.8, 4) is 22.3 Å². The molecule has 8 aromatic rings. The van der Waals surface area contributed by atoms with E-state index in [2.05, 4.69) is 238 Å². The van der Waals surface area contributed by atoms with Crippen LogP contribution in [0, 0.1) is 23.7 Å². The molecule has 5 unspecified atom stereocenters. The molecular weight excluding hydrogens is 833 g/mol. The highest BCUT2D eigenvalue weighted by Gasteiger charge is 2.42. The molecule has 0 N–H and O–H groups in total. The highest BCUT2D eigenvalue weighted by atomic mass is 15.1. The molecule has 2 heteroatoms. The van der Waals surface area contributed by atoms with Crippen LogP contribution in [0.4, 0.5) is 34.1 Å². The zero-order valence-corrected chi connectivity index (χ0v) is 41.0. The fourth-order valence-electron chi connectivity index (χ4n) is 13.8. The Morgan fingerprint density at radius 2 is 1.03 bits per heavy atom. The second-order valence-corrected chi connectivity index (χ2v) is 21.9. The predicted octanol–water partition coefficient (Wildman–Crippen LogP) is 18.6. The fourth-order valence-corrected chi connectivity index (χ4v) is 13.8. The highest BCUT2D eigenvalue weighted by molar-refractivity contribution is 5.94. The second-order valence-electron chi connectivity index (χ2n) is 21.9. The third-order valence-corrected chi connectivity index (χ3v) is 17.5. The first-order chi connectivity index (χ1) is 33.7. The third kappa shape index (κ3) is 7.72. The lowest BCUT2D eigenvalue weighted by atomic mass is 9.60. The Morgan fingerprint density at radius 3 is 1.59 bits per heavy atom. The first-order valence-corrected chi connectivity index (χ1v) is 26.1. The van der Waals surface area contributed by atoms with Crippen LogP contribution < -0.4 is 9.80 Å². The number of hydrogen-bond acceptors (Lipinski definition) is 2. The number of fused-ring (bicyclic) bond motifs is 5. The average molecular weight is 899 g/mol. The number of hydrogen-bond donors (Lipinski definition) is 0. The summed E-state index contributed by atoms with van der Waals surface area (Å²) in [6, 6.07) is 75.9. The van der Waals surface area contributed by atoms with Crippen LogP contribution in [0.25, 0.3) is 22.3 Å². The summed E-state index contributed by atoms with van der Waals surface area (Å²) in [5.74, 6) is 3.85. The van der Waals surface area contributed by atoms with E-state index in [1.807, 2.05) is 0 Å². The summed E-state index contributed by atoms with van der Waals surface area (Å²) in [5.41, 5.74) is 19.3. The molecule has 3 fully saturated rings. The van der Waals surface area contributed by atoms with Gasteiger partial charge < -0.3 is 9.80 Å². The zero-order valence-electron chi connectivity index (χ0n) is 41.0. The molecule has 5 atom stereocenters. The van der Waals surface area contributed by atoms with Gasteiger partial charge in [0.2, 0.25) is 0 Å². The van der Waals surface area contributed by atoms with E-state index in [-0.39, 0.29) is 10.8 Å².